The quantitative estimate of drug-likeness (QED) is 0.349. The molecule has 0 aromatic carbocycles. The molecule has 7 nitrogen and oxygen atoms in total. The number of hydrogen-bond acceptors (Lipinski definition) is 4. The lowest BCUT2D eigenvalue weighted by molar-refractivity contribution is -0.166. The second kappa shape index (κ2) is 7.21. The monoisotopic (exact) mass is 326 g/mol. The molecule has 0 aliphatic carbocycles. The molecule has 0 fully saturated rings. The van der Waals surface area contributed by atoms with Crippen LogP contribution < -0.4 is 5.32 Å². The van der Waals surface area contributed by atoms with Crippen LogP contribution in [0.1, 0.15) is 62.3 Å². The Labute approximate surface area is 138 Å². The summed E-state index contributed by atoms with van der Waals surface area (Å²) in [6.45, 7) is 15.7. The third-order valence-electron chi connectivity index (χ3n) is 4.19. The number of rotatable bonds is 6. The van der Waals surface area contributed by atoms with E-state index in [1.807, 2.05) is 13.8 Å². The number of nitrogens with one attached hydrogen (secondary N) is 1. The molecule has 0 rings (SSSR count). The van der Waals surface area contributed by atoms with Gasteiger partial charge in [-0.25, -0.2) is 4.79 Å². The molecule has 0 saturated heterocycles. The summed E-state index contributed by atoms with van der Waals surface area (Å²) in [6, 6.07) is 0. The van der Waals surface area contributed by atoms with Crippen molar-refractivity contribution in [2.24, 2.45) is 17.0 Å². The molecular weight excluding hydrogens is 296 g/mol. The first kappa shape index (κ1) is 21.2. The average Bonchev–Trinajstić information content (AvgIpc) is 2.35. The first-order valence-corrected chi connectivity index (χ1v) is 7.83. The molecule has 0 heterocycles. The van der Waals surface area contributed by atoms with Crippen LogP contribution in [0, 0.1) is 11.8 Å². The summed E-state index contributed by atoms with van der Waals surface area (Å²) >= 11 is 0. The van der Waals surface area contributed by atoms with Crippen LogP contribution in [0.4, 0.5) is 0 Å². The largest absolute Gasteiger partial charge is 0.458 e. The lowest BCUT2D eigenvalue weighted by Crippen LogP contribution is -2.62. The van der Waals surface area contributed by atoms with E-state index >= 15 is 0 Å². The predicted octanol–water partition coefficient (Wildman–Crippen LogP) is 3.58. The van der Waals surface area contributed by atoms with Crippen LogP contribution in [0.2, 0.25) is 0 Å². The molecule has 0 bridgehead atoms. The van der Waals surface area contributed by atoms with Crippen molar-refractivity contribution >= 4 is 11.9 Å². The number of carbonyl (C=O) groups excluding carboxylic acids is 2. The van der Waals surface area contributed by atoms with Crippen molar-refractivity contribution in [1.29, 1.82) is 0 Å². The van der Waals surface area contributed by atoms with Gasteiger partial charge in [-0.05, 0) is 52.0 Å². The standard InChI is InChI=1S/C16H30N4O3/c1-10(2)15(8,19-20-17)12(21)18-16(9,11(3)4)13(22)23-14(5,6)7/h10-11H,1-9H3,(H,18,21)/t15-,16-/m0/s1. The highest BCUT2D eigenvalue weighted by Gasteiger charge is 2.46. The lowest BCUT2D eigenvalue weighted by Gasteiger charge is -2.38. The van der Waals surface area contributed by atoms with Crippen LogP contribution >= 0.6 is 0 Å². The Morgan fingerprint density at radius 3 is 1.83 bits per heavy atom. The molecule has 132 valence electrons. The van der Waals surface area contributed by atoms with Crippen LogP contribution in [0.15, 0.2) is 5.11 Å². The van der Waals surface area contributed by atoms with Gasteiger partial charge >= 0.3 is 5.97 Å². The fourth-order valence-corrected chi connectivity index (χ4v) is 1.69. The third-order valence-corrected chi connectivity index (χ3v) is 4.19. The second-order valence-corrected chi connectivity index (χ2v) is 7.80. The van der Waals surface area contributed by atoms with Crippen LogP contribution in [0.5, 0.6) is 0 Å². The van der Waals surface area contributed by atoms with Crippen molar-refractivity contribution in [3.8, 4) is 0 Å². The highest BCUT2D eigenvalue weighted by molar-refractivity contribution is 5.93. The van der Waals surface area contributed by atoms with Crippen LogP contribution in [-0.2, 0) is 14.3 Å². The van der Waals surface area contributed by atoms with Crippen molar-refractivity contribution in [3.63, 3.8) is 0 Å². The Balaban J connectivity index is 5.63. The van der Waals surface area contributed by atoms with E-state index in [1.54, 1.807) is 48.5 Å². The van der Waals surface area contributed by atoms with E-state index in [2.05, 4.69) is 15.3 Å². The smallest absolute Gasteiger partial charge is 0.332 e. The van der Waals surface area contributed by atoms with Gasteiger partial charge in [-0.3, -0.25) is 4.79 Å². The summed E-state index contributed by atoms with van der Waals surface area (Å²) in [5.74, 6) is -1.44. The average molecular weight is 326 g/mol. The first-order valence-electron chi connectivity index (χ1n) is 7.83. The van der Waals surface area contributed by atoms with Gasteiger partial charge in [0.1, 0.15) is 16.7 Å². The molecule has 1 amide bonds. The van der Waals surface area contributed by atoms with Gasteiger partial charge in [0.25, 0.3) is 0 Å². The second-order valence-electron chi connectivity index (χ2n) is 7.80. The first-order chi connectivity index (χ1) is 10.2. The number of esters is 1. The summed E-state index contributed by atoms with van der Waals surface area (Å²) in [6.07, 6.45) is 0. The van der Waals surface area contributed by atoms with Crippen molar-refractivity contribution in [3.05, 3.63) is 10.4 Å². The van der Waals surface area contributed by atoms with Gasteiger partial charge in [0, 0.05) is 4.91 Å². The Morgan fingerprint density at radius 2 is 1.52 bits per heavy atom. The summed E-state index contributed by atoms with van der Waals surface area (Å²) < 4.78 is 5.44. The van der Waals surface area contributed by atoms with Crippen LogP contribution in [-0.4, -0.2) is 28.6 Å². The Morgan fingerprint density at radius 1 is 1.04 bits per heavy atom. The van der Waals surface area contributed by atoms with Gasteiger partial charge in [-0.1, -0.05) is 32.8 Å². The van der Waals surface area contributed by atoms with Gasteiger partial charge in [-0.2, -0.15) is 0 Å². The van der Waals surface area contributed by atoms with E-state index < -0.39 is 28.6 Å². The fraction of sp³-hybridized carbons (Fsp3) is 0.875. The zero-order chi connectivity index (χ0) is 18.6. The summed E-state index contributed by atoms with van der Waals surface area (Å²) in [7, 11) is 0. The van der Waals surface area contributed by atoms with Gasteiger partial charge in [0.15, 0.2) is 0 Å². The molecule has 2 atom stereocenters. The van der Waals surface area contributed by atoms with Crippen LogP contribution in [0.25, 0.3) is 10.4 Å². The molecule has 0 aromatic heterocycles. The molecular formula is C16H30N4O3. The molecule has 0 unspecified atom stereocenters. The summed E-state index contributed by atoms with van der Waals surface area (Å²) in [5, 5.41) is 6.39. The summed E-state index contributed by atoms with van der Waals surface area (Å²) in [5.41, 5.74) is 5.59. The molecule has 0 spiro atoms. The minimum absolute atomic E-state index is 0.205. The normalized spacial score (nSPS) is 17.0. The highest BCUT2D eigenvalue weighted by Crippen LogP contribution is 2.27. The number of hydrogen-bond donors (Lipinski definition) is 1. The van der Waals surface area contributed by atoms with Crippen molar-refractivity contribution in [2.75, 3.05) is 0 Å². The Bertz CT molecular complexity index is 504. The van der Waals surface area contributed by atoms with E-state index in [0.29, 0.717) is 0 Å². The van der Waals surface area contributed by atoms with Gasteiger partial charge < -0.3 is 10.1 Å². The van der Waals surface area contributed by atoms with Gasteiger partial charge in [0.2, 0.25) is 5.91 Å². The van der Waals surface area contributed by atoms with Crippen molar-refractivity contribution in [1.82, 2.24) is 5.32 Å². The summed E-state index contributed by atoms with van der Waals surface area (Å²) in [4.78, 5) is 28.1. The Hall–Kier alpha value is -1.75. The van der Waals surface area contributed by atoms with Crippen molar-refractivity contribution in [2.45, 2.75) is 79.0 Å². The third kappa shape index (κ3) is 5.13. The van der Waals surface area contributed by atoms with E-state index in [1.165, 1.54) is 0 Å². The molecule has 0 radical (unpaired) electrons. The molecule has 1 N–H and O–H groups in total. The molecule has 0 aromatic rings. The van der Waals surface area contributed by atoms with E-state index in [9.17, 15) is 9.59 Å². The zero-order valence-electron chi connectivity index (χ0n) is 15.7. The maximum absolute atomic E-state index is 12.7. The zero-order valence-corrected chi connectivity index (χ0v) is 15.7. The highest BCUT2D eigenvalue weighted by atomic mass is 16.6. The van der Waals surface area contributed by atoms with E-state index in [0.717, 1.165) is 0 Å². The van der Waals surface area contributed by atoms with Crippen molar-refractivity contribution < 1.29 is 14.3 Å². The number of ether oxygens (including phenoxy) is 1. The Kier molecular flexibility index (Phi) is 6.67. The SMILES string of the molecule is CC(C)[C@](C)(N=[N+]=[N-])C(=O)N[C@](C)(C(=O)OC(C)(C)C)C(C)C. The maximum atomic E-state index is 12.7. The molecule has 23 heavy (non-hydrogen) atoms. The molecule has 0 aliphatic rings. The molecule has 7 heteroatoms. The van der Waals surface area contributed by atoms with E-state index in [-0.39, 0.29) is 11.8 Å². The number of azide groups is 1. The minimum atomic E-state index is -1.28. The predicted molar refractivity (Wildman–Crippen MR) is 89.6 cm³/mol. The van der Waals surface area contributed by atoms with Crippen LogP contribution in [0.3, 0.4) is 0 Å². The molecule has 0 saturated carbocycles. The van der Waals surface area contributed by atoms with E-state index in [4.69, 9.17) is 10.3 Å². The maximum Gasteiger partial charge on any atom is 0.332 e. The van der Waals surface area contributed by atoms with Gasteiger partial charge in [-0.15, -0.1) is 0 Å². The topological polar surface area (TPSA) is 104 Å². The number of amides is 1. The fourth-order valence-electron chi connectivity index (χ4n) is 1.69. The molecule has 0 aliphatic heterocycles. The minimum Gasteiger partial charge on any atom is -0.458 e. The number of nitrogens with zero attached hydrogens (tertiary/aromatic N) is 3. The number of carbonyl (C=O) groups is 2. The lowest BCUT2D eigenvalue weighted by atomic mass is 9.84. The van der Waals surface area contributed by atoms with Gasteiger partial charge in [0.05, 0.1) is 0 Å².